The average Bonchev–Trinajstić information content (AvgIpc) is 2.93. The van der Waals surface area contributed by atoms with Gasteiger partial charge in [0.1, 0.15) is 0 Å². The molecule has 0 aromatic heterocycles. The van der Waals surface area contributed by atoms with E-state index in [0.717, 1.165) is 29.8 Å². The highest BCUT2D eigenvalue weighted by molar-refractivity contribution is 6.04. The molecule has 2 amide bonds. The lowest BCUT2D eigenvalue weighted by Crippen LogP contribution is -2.51. The maximum atomic E-state index is 12.5. The van der Waals surface area contributed by atoms with Gasteiger partial charge in [-0.15, -0.1) is 0 Å². The van der Waals surface area contributed by atoms with Crippen LogP contribution in [-0.4, -0.2) is 48.9 Å². The monoisotopic (exact) mass is 503 g/mol. The first kappa shape index (κ1) is 28.9. The van der Waals surface area contributed by atoms with Gasteiger partial charge in [0.25, 0.3) is 11.8 Å². The summed E-state index contributed by atoms with van der Waals surface area (Å²) in [6, 6.07) is 23.5. The zero-order valence-electron chi connectivity index (χ0n) is 21.4. The first-order valence-electron chi connectivity index (χ1n) is 12.1. The summed E-state index contributed by atoms with van der Waals surface area (Å²) in [6.07, 6.45) is 0. The number of azo groups is 1. The number of hydrogen-bond acceptors (Lipinski definition) is 6. The number of anilines is 2. The van der Waals surface area contributed by atoms with Gasteiger partial charge in [-0.3, -0.25) is 9.59 Å². The number of carboxylic acid groups (broad SMARTS) is 1. The normalized spacial score (nSPS) is 10.8. The fraction of sp³-hybridized carbons (Fsp3) is 0.250. The second kappa shape index (κ2) is 14.9. The van der Waals surface area contributed by atoms with Gasteiger partial charge in [0, 0.05) is 23.4 Å². The van der Waals surface area contributed by atoms with E-state index in [-0.39, 0.29) is 11.8 Å². The maximum absolute atomic E-state index is 12.5. The standard InChI is InChI=1S/C27H31N5O2.CH2O2/c1-4-32(5-2,6-3)20-26(33)28-22-12-16-24(17-13-22)30-31-25-18-14-23(15-19-25)29-27(34)21-10-8-7-9-11-21;2-1-3/h7-19H,4-6,20H2,1-3H3,(H-,28,29,30,31,33,34);1H,(H,2,3). The third-order valence-electron chi connectivity index (χ3n) is 6.08. The van der Waals surface area contributed by atoms with Crippen molar-refractivity contribution in [1.29, 1.82) is 0 Å². The average molecular weight is 504 g/mol. The zero-order chi connectivity index (χ0) is 27.1. The van der Waals surface area contributed by atoms with E-state index in [9.17, 15) is 9.59 Å². The molecule has 2 N–H and O–H groups in total. The van der Waals surface area contributed by atoms with Crippen molar-refractivity contribution in [3.63, 3.8) is 0 Å². The number of quaternary nitrogens is 1. The zero-order valence-corrected chi connectivity index (χ0v) is 21.4. The van der Waals surface area contributed by atoms with E-state index in [0.29, 0.717) is 29.2 Å². The van der Waals surface area contributed by atoms with E-state index in [1.165, 1.54) is 0 Å². The minimum atomic E-state index is -0.500. The lowest BCUT2D eigenvalue weighted by atomic mass is 10.2. The van der Waals surface area contributed by atoms with Crippen molar-refractivity contribution >= 4 is 41.0 Å². The van der Waals surface area contributed by atoms with Crippen LogP contribution in [0.2, 0.25) is 0 Å². The SMILES string of the molecule is CC[N+](CC)(CC)CC(=O)Nc1ccc(N=Nc2ccc(NC(=O)c3ccccc3)cc2)cc1.O=C[O-]. The molecule has 0 fully saturated rings. The van der Waals surface area contributed by atoms with Crippen LogP contribution in [0, 0.1) is 0 Å². The van der Waals surface area contributed by atoms with Crippen molar-refractivity contribution in [3.8, 4) is 0 Å². The van der Waals surface area contributed by atoms with Gasteiger partial charge in [-0.05, 0) is 81.4 Å². The van der Waals surface area contributed by atoms with Crippen molar-refractivity contribution < 1.29 is 24.0 Å². The highest BCUT2D eigenvalue weighted by Crippen LogP contribution is 2.22. The summed E-state index contributed by atoms with van der Waals surface area (Å²) in [6.45, 7) is 9.12. The summed E-state index contributed by atoms with van der Waals surface area (Å²) in [5.41, 5.74) is 3.38. The Bertz CT molecular complexity index is 1150. The molecule has 0 spiro atoms. The van der Waals surface area contributed by atoms with E-state index >= 15 is 0 Å². The molecular formula is C28H33N5O4. The molecule has 3 aromatic carbocycles. The number of carbonyl (C=O) groups excluding carboxylic acids is 3. The van der Waals surface area contributed by atoms with Crippen LogP contribution in [-0.2, 0) is 9.59 Å². The van der Waals surface area contributed by atoms with Crippen LogP contribution in [0.5, 0.6) is 0 Å². The third kappa shape index (κ3) is 9.30. The van der Waals surface area contributed by atoms with Gasteiger partial charge >= 0.3 is 0 Å². The molecule has 0 saturated carbocycles. The van der Waals surface area contributed by atoms with Gasteiger partial charge in [0.05, 0.1) is 31.0 Å². The third-order valence-corrected chi connectivity index (χ3v) is 6.08. The predicted molar refractivity (Wildman–Crippen MR) is 143 cm³/mol. The summed E-state index contributed by atoms with van der Waals surface area (Å²) in [5.74, 6) is -0.148. The Morgan fingerprint density at radius 3 is 1.62 bits per heavy atom. The molecular weight excluding hydrogens is 470 g/mol. The fourth-order valence-corrected chi connectivity index (χ4v) is 3.64. The Labute approximate surface area is 217 Å². The van der Waals surface area contributed by atoms with Crippen LogP contribution in [0.1, 0.15) is 31.1 Å². The number of hydrogen-bond donors (Lipinski definition) is 2. The Balaban J connectivity index is 0.00000153. The molecule has 194 valence electrons. The molecule has 37 heavy (non-hydrogen) atoms. The number of carbonyl (C=O) groups is 3. The summed E-state index contributed by atoms with van der Waals surface area (Å²) >= 11 is 0. The van der Waals surface area contributed by atoms with Gasteiger partial charge < -0.3 is 25.0 Å². The molecule has 0 radical (unpaired) electrons. The second-order valence-corrected chi connectivity index (χ2v) is 8.21. The molecule has 0 aliphatic rings. The molecule has 0 bridgehead atoms. The van der Waals surface area contributed by atoms with Crippen LogP contribution in [0.4, 0.5) is 22.7 Å². The largest absolute Gasteiger partial charge is 0.554 e. The molecule has 0 atom stereocenters. The van der Waals surface area contributed by atoms with Crippen LogP contribution < -0.4 is 15.7 Å². The van der Waals surface area contributed by atoms with Crippen molar-refractivity contribution in [2.45, 2.75) is 20.8 Å². The first-order valence-corrected chi connectivity index (χ1v) is 12.1. The van der Waals surface area contributed by atoms with E-state index in [1.807, 2.05) is 42.5 Å². The molecule has 3 rings (SSSR count). The number of likely N-dealkylation sites (N-methyl/N-ethyl adjacent to an activating group) is 1. The minimum Gasteiger partial charge on any atom is -0.554 e. The van der Waals surface area contributed by atoms with Gasteiger partial charge in [-0.1, -0.05) is 18.2 Å². The van der Waals surface area contributed by atoms with Crippen molar-refractivity contribution in [3.05, 3.63) is 84.4 Å². The van der Waals surface area contributed by atoms with Crippen LogP contribution in [0.3, 0.4) is 0 Å². The summed E-state index contributed by atoms with van der Waals surface area (Å²) in [4.78, 5) is 33.0. The van der Waals surface area contributed by atoms with Crippen molar-refractivity contribution in [1.82, 2.24) is 0 Å². The Morgan fingerprint density at radius 1 is 0.757 bits per heavy atom. The summed E-state index contributed by atoms with van der Waals surface area (Å²) in [5, 5.41) is 22.6. The first-order chi connectivity index (χ1) is 17.9. The molecule has 9 nitrogen and oxygen atoms in total. The number of rotatable bonds is 10. The van der Waals surface area contributed by atoms with Crippen molar-refractivity contribution in [2.75, 3.05) is 36.8 Å². The van der Waals surface area contributed by atoms with Crippen molar-refractivity contribution in [2.24, 2.45) is 10.2 Å². The van der Waals surface area contributed by atoms with Crippen LogP contribution >= 0.6 is 0 Å². The molecule has 0 aliphatic carbocycles. The smallest absolute Gasteiger partial charge is 0.279 e. The van der Waals surface area contributed by atoms with Gasteiger partial charge in [-0.25, -0.2) is 0 Å². The molecule has 0 unspecified atom stereocenters. The highest BCUT2D eigenvalue weighted by atomic mass is 16.3. The summed E-state index contributed by atoms with van der Waals surface area (Å²) < 4.78 is 0.771. The quantitative estimate of drug-likeness (QED) is 0.240. The summed E-state index contributed by atoms with van der Waals surface area (Å²) in [7, 11) is 0. The molecule has 0 aliphatic heterocycles. The molecule has 9 heteroatoms. The van der Waals surface area contributed by atoms with E-state index in [2.05, 4.69) is 41.6 Å². The second-order valence-electron chi connectivity index (χ2n) is 8.21. The van der Waals surface area contributed by atoms with E-state index in [4.69, 9.17) is 9.90 Å². The van der Waals surface area contributed by atoms with Gasteiger partial charge in [0.2, 0.25) is 0 Å². The number of amides is 2. The topological polar surface area (TPSA) is 123 Å². The lowest BCUT2D eigenvalue weighted by molar-refractivity contribution is -0.915. The minimum absolute atomic E-state index is 0.0133. The lowest BCUT2D eigenvalue weighted by Gasteiger charge is -2.34. The Kier molecular flexibility index (Phi) is 11.6. The number of nitrogens with zero attached hydrogens (tertiary/aromatic N) is 3. The maximum Gasteiger partial charge on any atom is 0.279 e. The molecule has 3 aromatic rings. The van der Waals surface area contributed by atoms with Crippen LogP contribution in [0.25, 0.3) is 0 Å². The van der Waals surface area contributed by atoms with Crippen LogP contribution in [0.15, 0.2) is 89.1 Å². The number of nitrogens with one attached hydrogen (secondary N) is 2. The fourth-order valence-electron chi connectivity index (χ4n) is 3.64. The Morgan fingerprint density at radius 2 is 1.19 bits per heavy atom. The van der Waals surface area contributed by atoms with Gasteiger partial charge in [0.15, 0.2) is 6.54 Å². The number of benzene rings is 3. The van der Waals surface area contributed by atoms with Gasteiger partial charge in [-0.2, -0.15) is 10.2 Å². The highest BCUT2D eigenvalue weighted by Gasteiger charge is 2.24. The molecule has 0 heterocycles. The van der Waals surface area contributed by atoms with E-state index in [1.54, 1.807) is 36.4 Å². The predicted octanol–water partition coefficient (Wildman–Crippen LogP) is 4.54. The molecule has 0 saturated heterocycles. The Hall–Kier alpha value is -4.37. The van der Waals surface area contributed by atoms with E-state index < -0.39 is 6.47 Å².